The fourth-order valence-electron chi connectivity index (χ4n) is 6.17. The third-order valence-corrected chi connectivity index (χ3v) is 7.83. The fourth-order valence-corrected chi connectivity index (χ4v) is 6.17. The predicted octanol–water partition coefficient (Wildman–Crippen LogP) is 9.34. The molecule has 3 heteroatoms. The zero-order valence-electron chi connectivity index (χ0n) is 21.1. The Morgan fingerprint density at radius 1 is 0.605 bits per heavy atom. The number of hydrogen-bond donors (Lipinski definition) is 0. The van der Waals surface area contributed by atoms with Gasteiger partial charge in [-0.1, -0.05) is 85.8 Å². The standard InChI is InChI=1S/C35H25N3/c1-2-34-36-30-17-10-18-32-35(30)38(34)33-22-24(19-20-31(33)37(32)25-12-4-3-5-13-25)29-21-23-11-6-7-14-26(23)27-15-8-9-16-28(27)29/h3-22H,2H2,1H3. The van der Waals surface area contributed by atoms with Crippen LogP contribution in [0.3, 0.4) is 0 Å². The zero-order chi connectivity index (χ0) is 25.2. The number of fused-ring (bicyclic) bond motifs is 5. The number of hydrogen-bond acceptors (Lipinski definition) is 2. The molecule has 3 nitrogen and oxygen atoms in total. The summed E-state index contributed by atoms with van der Waals surface area (Å²) in [6.45, 7) is 2.19. The van der Waals surface area contributed by atoms with Gasteiger partial charge in [0.15, 0.2) is 0 Å². The molecule has 0 saturated carbocycles. The Bertz CT molecular complexity index is 2020. The normalized spacial score (nSPS) is 12.4. The SMILES string of the molecule is CCc1nc2cccc3c2n1-c1cc(-c2cc4ccccc4c4ccccc24)ccc1N3c1ccccc1. The number of nitrogens with zero attached hydrogens (tertiary/aromatic N) is 3. The summed E-state index contributed by atoms with van der Waals surface area (Å²) in [6, 6.07) is 43.8. The number of imidazole rings is 1. The molecule has 0 atom stereocenters. The molecule has 0 spiro atoms. The summed E-state index contributed by atoms with van der Waals surface area (Å²) in [4.78, 5) is 7.44. The lowest BCUT2D eigenvalue weighted by Gasteiger charge is -2.33. The summed E-state index contributed by atoms with van der Waals surface area (Å²) in [5.74, 6) is 1.09. The van der Waals surface area contributed by atoms with Crippen LogP contribution in [0.4, 0.5) is 17.1 Å². The van der Waals surface area contributed by atoms with Gasteiger partial charge in [0.25, 0.3) is 0 Å². The molecule has 1 aliphatic heterocycles. The molecule has 0 radical (unpaired) electrons. The summed E-state index contributed by atoms with van der Waals surface area (Å²) in [5, 5.41) is 5.11. The van der Waals surface area contributed by atoms with E-state index in [0.717, 1.165) is 34.8 Å². The van der Waals surface area contributed by atoms with Crippen molar-refractivity contribution in [3.8, 4) is 16.8 Å². The van der Waals surface area contributed by atoms with Gasteiger partial charge in [0.2, 0.25) is 0 Å². The Morgan fingerprint density at radius 2 is 1.37 bits per heavy atom. The molecule has 1 aromatic heterocycles. The van der Waals surface area contributed by atoms with Gasteiger partial charge in [-0.25, -0.2) is 4.98 Å². The van der Waals surface area contributed by atoms with Crippen molar-refractivity contribution in [2.45, 2.75) is 13.3 Å². The lowest BCUT2D eigenvalue weighted by Crippen LogP contribution is -2.19. The molecule has 2 heterocycles. The summed E-state index contributed by atoms with van der Waals surface area (Å²) >= 11 is 0. The number of aromatic nitrogens is 2. The average Bonchev–Trinajstić information content (AvgIpc) is 3.37. The smallest absolute Gasteiger partial charge is 0.114 e. The van der Waals surface area contributed by atoms with E-state index in [4.69, 9.17) is 4.98 Å². The molecule has 180 valence electrons. The number of para-hydroxylation sites is 2. The van der Waals surface area contributed by atoms with Crippen LogP contribution in [0.15, 0.2) is 121 Å². The summed E-state index contributed by atoms with van der Waals surface area (Å²) in [5.41, 5.74) is 9.31. The Hall–Kier alpha value is -4.89. The minimum Gasteiger partial charge on any atom is -0.306 e. The second-order valence-corrected chi connectivity index (χ2v) is 9.93. The highest BCUT2D eigenvalue weighted by molar-refractivity contribution is 6.14. The largest absolute Gasteiger partial charge is 0.306 e. The number of rotatable bonds is 3. The molecule has 6 aromatic carbocycles. The van der Waals surface area contributed by atoms with E-state index < -0.39 is 0 Å². The molecule has 38 heavy (non-hydrogen) atoms. The lowest BCUT2D eigenvalue weighted by atomic mass is 9.92. The molecule has 0 amide bonds. The van der Waals surface area contributed by atoms with E-state index in [2.05, 4.69) is 138 Å². The van der Waals surface area contributed by atoms with Crippen LogP contribution in [0.2, 0.25) is 0 Å². The topological polar surface area (TPSA) is 21.1 Å². The maximum absolute atomic E-state index is 5.06. The molecule has 8 rings (SSSR count). The van der Waals surface area contributed by atoms with Crippen LogP contribution in [0, 0.1) is 0 Å². The van der Waals surface area contributed by atoms with E-state index in [1.165, 1.54) is 43.9 Å². The first-order valence-electron chi connectivity index (χ1n) is 13.2. The minimum atomic E-state index is 0.863. The fraction of sp³-hybridized carbons (Fsp3) is 0.0571. The molecule has 7 aromatic rings. The zero-order valence-corrected chi connectivity index (χ0v) is 21.1. The highest BCUT2D eigenvalue weighted by Crippen LogP contribution is 2.48. The molecule has 0 N–H and O–H groups in total. The molecular weight excluding hydrogens is 462 g/mol. The van der Waals surface area contributed by atoms with Gasteiger partial charge in [-0.2, -0.15) is 0 Å². The first kappa shape index (κ1) is 21.2. The van der Waals surface area contributed by atoms with E-state index in [1.54, 1.807) is 0 Å². The van der Waals surface area contributed by atoms with Crippen LogP contribution in [0.5, 0.6) is 0 Å². The quantitative estimate of drug-likeness (QED) is 0.232. The van der Waals surface area contributed by atoms with Gasteiger partial charge in [-0.05, 0) is 75.1 Å². The second-order valence-electron chi connectivity index (χ2n) is 9.93. The van der Waals surface area contributed by atoms with Crippen molar-refractivity contribution in [1.29, 1.82) is 0 Å². The molecular formula is C35H25N3. The third kappa shape index (κ3) is 2.93. The van der Waals surface area contributed by atoms with Crippen LogP contribution in [0.1, 0.15) is 12.7 Å². The highest BCUT2D eigenvalue weighted by Gasteiger charge is 2.29. The summed E-state index contributed by atoms with van der Waals surface area (Å²) in [6.07, 6.45) is 0.863. The Kier molecular flexibility index (Phi) is 4.50. The Labute approximate surface area is 221 Å². The van der Waals surface area contributed by atoms with Crippen LogP contribution in [-0.2, 0) is 6.42 Å². The van der Waals surface area contributed by atoms with Crippen molar-refractivity contribution in [1.82, 2.24) is 9.55 Å². The van der Waals surface area contributed by atoms with Crippen molar-refractivity contribution in [3.63, 3.8) is 0 Å². The van der Waals surface area contributed by atoms with Gasteiger partial charge in [0.1, 0.15) is 5.82 Å². The first-order chi connectivity index (χ1) is 18.8. The van der Waals surface area contributed by atoms with Gasteiger partial charge >= 0.3 is 0 Å². The van der Waals surface area contributed by atoms with Crippen molar-refractivity contribution < 1.29 is 0 Å². The lowest BCUT2D eigenvalue weighted by molar-refractivity contribution is 0.900. The van der Waals surface area contributed by atoms with Crippen LogP contribution < -0.4 is 4.90 Å². The molecule has 0 saturated heterocycles. The van der Waals surface area contributed by atoms with Crippen LogP contribution in [0.25, 0.3) is 49.4 Å². The van der Waals surface area contributed by atoms with Crippen molar-refractivity contribution in [3.05, 3.63) is 127 Å². The Balaban J connectivity index is 1.46. The molecule has 0 bridgehead atoms. The van der Waals surface area contributed by atoms with Gasteiger partial charge in [-0.15, -0.1) is 0 Å². The van der Waals surface area contributed by atoms with E-state index in [-0.39, 0.29) is 0 Å². The Morgan fingerprint density at radius 3 is 2.21 bits per heavy atom. The maximum atomic E-state index is 5.06. The van der Waals surface area contributed by atoms with Gasteiger partial charge in [0.05, 0.1) is 28.1 Å². The second kappa shape index (κ2) is 8.06. The van der Waals surface area contributed by atoms with Crippen molar-refractivity contribution >= 4 is 49.6 Å². The van der Waals surface area contributed by atoms with Gasteiger partial charge in [0, 0.05) is 12.1 Å². The summed E-state index contributed by atoms with van der Waals surface area (Å²) in [7, 11) is 0. The first-order valence-corrected chi connectivity index (χ1v) is 13.2. The molecule has 0 fully saturated rings. The molecule has 1 aliphatic rings. The van der Waals surface area contributed by atoms with Crippen LogP contribution in [-0.4, -0.2) is 9.55 Å². The maximum Gasteiger partial charge on any atom is 0.114 e. The number of anilines is 3. The van der Waals surface area contributed by atoms with E-state index in [0.29, 0.717) is 0 Å². The molecule has 0 aliphatic carbocycles. The van der Waals surface area contributed by atoms with E-state index in [9.17, 15) is 0 Å². The monoisotopic (exact) mass is 487 g/mol. The van der Waals surface area contributed by atoms with Crippen LogP contribution >= 0.6 is 0 Å². The molecule has 0 unspecified atom stereocenters. The van der Waals surface area contributed by atoms with Crippen molar-refractivity contribution in [2.24, 2.45) is 0 Å². The van der Waals surface area contributed by atoms with E-state index >= 15 is 0 Å². The van der Waals surface area contributed by atoms with Gasteiger partial charge < -0.3 is 4.90 Å². The summed E-state index contributed by atoms with van der Waals surface area (Å²) < 4.78 is 2.38. The highest BCUT2D eigenvalue weighted by atomic mass is 15.2. The van der Waals surface area contributed by atoms with Gasteiger partial charge in [-0.3, -0.25) is 4.57 Å². The van der Waals surface area contributed by atoms with Crippen molar-refractivity contribution in [2.75, 3.05) is 4.90 Å². The van der Waals surface area contributed by atoms with E-state index in [1.807, 2.05) is 0 Å². The number of aryl methyl sites for hydroxylation is 1. The minimum absolute atomic E-state index is 0.863. The number of benzene rings is 6. The third-order valence-electron chi connectivity index (χ3n) is 7.83. The average molecular weight is 488 g/mol. The predicted molar refractivity (Wildman–Crippen MR) is 159 cm³/mol.